The Labute approximate surface area is 93.1 Å². The molecule has 3 aromatic rings. The average Bonchev–Trinajstić information content (AvgIpc) is 2.90. The molecule has 1 N–H and O–H groups in total. The summed E-state index contributed by atoms with van der Waals surface area (Å²) < 4.78 is 3.91. The lowest BCUT2D eigenvalue weighted by atomic mass is 10.3. The number of para-hydroxylation sites is 2. The molecule has 4 heteroatoms. The largest absolute Gasteiger partial charge is 0.312 e. The highest BCUT2D eigenvalue weighted by atomic mass is 15.5. The molecule has 0 saturated carbocycles. The first-order chi connectivity index (χ1) is 7.84. The maximum atomic E-state index is 4.52. The summed E-state index contributed by atoms with van der Waals surface area (Å²) in [7, 11) is 2.00. The summed E-state index contributed by atoms with van der Waals surface area (Å²) >= 11 is 0. The summed E-state index contributed by atoms with van der Waals surface area (Å²) in [6.45, 7) is 0. The SMILES string of the molecule is Cn1c(Nn2cccc2)nc2ccccc21. The summed E-state index contributed by atoms with van der Waals surface area (Å²) in [5.41, 5.74) is 5.33. The molecule has 16 heavy (non-hydrogen) atoms. The van der Waals surface area contributed by atoms with Gasteiger partial charge in [-0.25, -0.2) is 4.98 Å². The molecule has 3 rings (SSSR count). The van der Waals surface area contributed by atoms with Gasteiger partial charge in [0.15, 0.2) is 0 Å². The topological polar surface area (TPSA) is 34.8 Å². The highest BCUT2D eigenvalue weighted by Gasteiger charge is 2.05. The Morgan fingerprint density at radius 2 is 1.81 bits per heavy atom. The third-order valence-corrected chi connectivity index (χ3v) is 2.62. The van der Waals surface area contributed by atoms with E-state index in [2.05, 4.69) is 16.5 Å². The Kier molecular flexibility index (Phi) is 1.93. The molecule has 0 aliphatic heterocycles. The van der Waals surface area contributed by atoms with Gasteiger partial charge >= 0.3 is 0 Å². The van der Waals surface area contributed by atoms with Crippen LogP contribution in [0.3, 0.4) is 0 Å². The van der Waals surface area contributed by atoms with Crippen LogP contribution in [0, 0.1) is 0 Å². The Morgan fingerprint density at radius 3 is 2.56 bits per heavy atom. The van der Waals surface area contributed by atoms with Crippen molar-refractivity contribution in [3.05, 3.63) is 48.8 Å². The number of nitrogens with zero attached hydrogens (tertiary/aromatic N) is 3. The molecule has 80 valence electrons. The number of rotatable bonds is 2. The molecule has 2 aromatic heterocycles. The van der Waals surface area contributed by atoms with E-state index >= 15 is 0 Å². The molecule has 0 spiro atoms. The lowest BCUT2D eigenvalue weighted by molar-refractivity contribution is 0.872. The number of anilines is 1. The van der Waals surface area contributed by atoms with Crippen LogP contribution in [0.1, 0.15) is 0 Å². The maximum absolute atomic E-state index is 4.52. The van der Waals surface area contributed by atoms with Gasteiger partial charge in [-0.1, -0.05) is 12.1 Å². The second kappa shape index (κ2) is 3.41. The summed E-state index contributed by atoms with van der Waals surface area (Å²) in [6, 6.07) is 12.0. The van der Waals surface area contributed by atoms with E-state index in [1.165, 1.54) is 0 Å². The summed E-state index contributed by atoms with van der Waals surface area (Å²) in [4.78, 5) is 4.52. The molecule has 2 heterocycles. The zero-order valence-electron chi connectivity index (χ0n) is 8.96. The number of nitrogens with one attached hydrogen (secondary N) is 1. The van der Waals surface area contributed by atoms with Gasteiger partial charge in [-0.3, -0.25) is 10.1 Å². The van der Waals surface area contributed by atoms with Crippen LogP contribution in [0.25, 0.3) is 11.0 Å². The van der Waals surface area contributed by atoms with Crippen molar-refractivity contribution in [2.75, 3.05) is 5.43 Å². The van der Waals surface area contributed by atoms with Crippen LogP contribution in [-0.2, 0) is 7.05 Å². The minimum Gasteiger partial charge on any atom is -0.312 e. The molecular formula is C12H12N4. The van der Waals surface area contributed by atoms with Gasteiger partial charge in [0, 0.05) is 19.4 Å². The van der Waals surface area contributed by atoms with Crippen LogP contribution in [0.2, 0.25) is 0 Å². The van der Waals surface area contributed by atoms with Crippen LogP contribution >= 0.6 is 0 Å². The Bertz CT molecular complexity index is 607. The zero-order valence-corrected chi connectivity index (χ0v) is 8.96. The molecule has 0 aliphatic rings. The van der Waals surface area contributed by atoms with E-state index in [1.54, 1.807) is 0 Å². The van der Waals surface area contributed by atoms with Crippen LogP contribution in [0.15, 0.2) is 48.8 Å². The minimum absolute atomic E-state index is 0.831. The quantitative estimate of drug-likeness (QED) is 0.707. The molecule has 0 aliphatic carbocycles. The van der Waals surface area contributed by atoms with Crippen molar-refractivity contribution < 1.29 is 0 Å². The summed E-state index contributed by atoms with van der Waals surface area (Å²) in [6.07, 6.45) is 3.89. The van der Waals surface area contributed by atoms with Crippen molar-refractivity contribution in [3.8, 4) is 0 Å². The number of imidazole rings is 1. The smallest absolute Gasteiger partial charge is 0.223 e. The number of fused-ring (bicyclic) bond motifs is 1. The third-order valence-electron chi connectivity index (χ3n) is 2.62. The first-order valence-electron chi connectivity index (χ1n) is 5.16. The average molecular weight is 212 g/mol. The lowest BCUT2D eigenvalue weighted by Crippen LogP contribution is -2.10. The van der Waals surface area contributed by atoms with Crippen LogP contribution in [0.5, 0.6) is 0 Å². The summed E-state index contributed by atoms with van der Waals surface area (Å²) in [5.74, 6) is 0.831. The fourth-order valence-electron chi connectivity index (χ4n) is 1.77. The second-order valence-corrected chi connectivity index (χ2v) is 3.69. The normalized spacial score (nSPS) is 10.8. The first-order valence-corrected chi connectivity index (χ1v) is 5.16. The van der Waals surface area contributed by atoms with E-state index in [0.717, 1.165) is 17.0 Å². The third kappa shape index (κ3) is 1.35. The van der Waals surface area contributed by atoms with Crippen LogP contribution < -0.4 is 5.43 Å². The number of benzene rings is 1. The van der Waals surface area contributed by atoms with E-state index in [0.29, 0.717) is 0 Å². The fourth-order valence-corrected chi connectivity index (χ4v) is 1.77. The maximum Gasteiger partial charge on any atom is 0.223 e. The second-order valence-electron chi connectivity index (χ2n) is 3.69. The number of aromatic nitrogens is 3. The monoisotopic (exact) mass is 212 g/mol. The lowest BCUT2D eigenvalue weighted by Gasteiger charge is -2.06. The zero-order chi connectivity index (χ0) is 11.0. The van der Waals surface area contributed by atoms with E-state index in [-0.39, 0.29) is 0 Å². The molecule has 0 fully saturated rings. The van der Waals surface area contributed by atoms with Crippen molar-refractivity contribution >= 4 is 17.0 Å². The fraction of sp³-hybridized carbons (Fsp3) is 0.0833. The van der Waals surface area contributed by atoms with Crippen molar-refractivity contribution in [2.24, 2.45) is 7.05 Å². The van der Waals surface area contributed by atoms with Crippen LogP contribution in [-0.4, -0.2) is 14.2 Å². The first kappa shape index (κ1) is 9.03. The number of hydrogen-bond donors (Lipinski definition) is 1. The Morgan fingerprint density at radius 1 is 1.06 bits per heavy atom. The summed E-state index contributed by atoms with van der Waals surface area (Å²) in [5, 5.41) is 0. The van der Waals surface area contributed by atoms with Gasteiger partial charge < -0.3 is 4.57 Å². The molecule has 0 amide bonds. The molecule has 0 atom stereocenters. The molecule has 0 bridgehead atoms. The molecule has 0 unspecified atom stereocenters. The van der Waals surface area contributed by atoms with Gasteiger partial charge in [0.1, 0.15) is 0 Å². The number of hydrogen-bond acceptors (Lipinski definition) is 2. The Hall–Kier alpha value is -2.23. The van der Waals surface area contributed by atoms with Crippen molar-refractivity contribution in [3.63, 3.8) is 0 Å². The molecule has 0 radical (unpaired) electrons. The predicted molar refractivity (Wildman–Crippen MR) is 64.2 cm³/mol. The van der Waals surface area contributed by atoms with Gasteiger partial charge in [0.05, 0.1) is 11.0 Å². The van der Waals surface area contributed by atoms with Crippen molar-refractivity contribution in [1.82, 2.24) is 14.2 Å². The van der Waals surface area contributed by atoms with Gasteiger partial charge in [0.2, 0.25) is 5.95 Å². The van der Waals surface area contributed by atoms with Gasteiger partial charge in [-0.05, 0) is 24.3 Å². The van der Waals surface area contributed by atoms with E-state index in [1.807, 2.05) is 59.0 Å². The van der Waals surface area contributed by atoms with E-state index < -0.39 is 0 Å². The molecule has 0 saturated heterocycles. The van der Waals surface area contributed by atoms with Gasteiger partial charge in [-0.15, -0.1) is 0 Å². The Balaban J connectivity index is 2.07. The van der Waals surface area contributed by atoms with Gasteiger partial charge in [-0.2, -0.15) is 0 Å². The predicted octanol–water partition coefficient (Wildman–Crippen LogP) is 2.25. The molecule has 1 aromatic carbocycles. The standard InChI is InChI=1S/C12H12N4/c1-15-11-7-3-2-6-10(11)13-12(15)14-16-8-4-5-9-16/h2-9H,1H3,(H,13,14). The minimum atomic E-state index is 0.831. The molecular weight excluding hydrogens is 200 g/mol. The van der Waals surface area contributed by atoms with Crippen molar-refractivity contribution in [1.29, 1.82) is 0 Å². The highest BCUT2D eigenvalue weighted by molar-refractivity contribution is 5.78. The van der Waals surface area contributed by atoms with E-state index in [4.69, 9.17) is 0 Å². The van der Waals surface area contributed by atoms with Crippen molar-refractivity contribution in [2.45, 2.75) is 0 Å². The highest BCUT2D eigenvalue weighted by Crippen LogP contribution is 2.17. The number of aryl methyl sites for hydroxylation is 1. The van der Waals surface area contributed by atoms with Crippen LogP contribution in [0.4, 0.5) is 5.95 Å². The van der Waals surface area contributed by atoms with Gasteiger partial charge in [0.25, 0.3) is 0 Å². The van der Waals surface area contributed by atoms with E-state index in [9.17, 15) is 0 Å². The molecule has 4 nitrogen and oxygen atoms in total.